The zero-order valence-electron chi connectivity index (χ0n) is 10.8. The predicted octanol–water partition coefficient (Wildman–Crippen LogP) is 3.59. The first kappa shape index (κ1) is 13.3. The average molecular weight is 288 g/mol. The van der Waals surface area contributed by atoms with Crippen molar-refractivity contribution in [3.8, 4) is 11.5 Å². The molecule has 0 N–H and O–H groups in total. The van der Waals surface area contributed by atoms with Crippen molar-refractivity contribution in [2.24, 2.45) is 0 Å². The van der Waals surface area contributed by atoms with Crippen LogP contribution in [-0.4, -0.2) is 12.6 Å². The maximum atomic E-state index is 13.4. The van der Waals surface area contributed by atoms with Crippen LogP contribution >= 0.6 is 0 Å². The second kappa shape index (κ2) is 5.36. The molecule has 0 spiro atoms. The summed E-state index contributed by atoms with van der Waals surface area (Å²) in [7, 11) is 0. The topological polar surface area (TPSA) is 35.5 Å². The Morgan fingerprint density at radius 1 is 1.05 bits per heavy atom. The maximum Gasteiger partial charge on any atom is 0.231 e. The summed E-state index contributed by atoms with van der Waals surface area (Å²) in [5, 5.41) is 0. The summed E-state index contributed by atoms with van der Waals surface area (Å²) in [4.78, 5) is 12.0. The molecule has 0 amide bonds. The predicted molar refractivity (Wildman–Crippen MR) is 72.3 cm³/mol. The third-order valence-electron chi connectivity index (χ3n) is 3.03. The van der Waals surface area contributed by atoms with Gasteiger partial charge in [-0.15, -0.1) is 0 Å². The quantitative estimate of drug-likeness (QED) is 0.639. The van der Waals surface area contributed by atoms with Gasteiger partial charge in [0.15, 0.2) is 17.3 Å². The van der Waals surface area contributed by atoms with E-state index in [-0.39, 0.29) is 18.1 Å². The van der Waals surface area contributed by atoms with Crippen LogP contribution in [0, 0.1) is 11.6 Å². The van der Waals surface area contributed by atoms with Gasteiger partial charge in [-0.1, -0.05) is 0 Å². The van der Waals surface area contributed by atoms with Crippen molar-refractivity contribution in [1.29, 1.82) is 0 Å². The monoisotopic (exact) mass is 288 g/mol. The minimum absolute atomic E-state index is 0.129. The maximum absolute atomic E-state index is 13.4. The smallest absolute Gasteiger partial charge is 0.231 e. The number of halogens is 2. The fourth-order valence-electron chi connectivity index (χ4n) is 1.95. The van der Waals surface area contributed by atoms with Gasteiger partial charge in [0.2, 0.25) is 6.79 Å². The van der Waals surface area contributed by atoms with Gasteiger partial charge in [-0.2, -0.15) is 0 Å². The zero-order valence-corrected chi connectivity index (χ0v) is 10.8. The Hall–Kier alpha value is -2.69. The van der Waals surface area contributed by atoms with Crippen LogP contribution in [-0.2, 0) is 0 Å². The molecule has 0 saturated heterocycles. The van der Waals surface area contributed by atoms with Gasteiger partial charge >= 0.3 is 0 Å². The minimum Gasteiger partial charge on any atom is -0.454 e. The molecule has 1 aliphatic heterocycles. The van der Waals surface area contributed by atoms with E-state index in [1.54, 1.807) is 18.2 Å². The van der Waals surface area contributed by atoms with Crippen LogP contribution in [0.2, 0.25) is 0 Å². The van der Waals surface area contributed by atoms with Crippen molar-refractivity contribution in [3.63, 3.8) is 0 Å². The van der Waals surface area contributed by atoms with Gasteiger partial charge in [-0.25, -0.2) is 8.78 Å². The van der Waals surface area contributed by atoms with Crippen LogP contribution in [0.25, 0.3) is 6.08 Å². The number of ketones is 1. The number of benzene rings is 2. The van der Waals surface area contributed by atoms with Gasteiger partial charge in [0, 0.05) is 17.2 Å². The molecule has 1 heterocycles. The molecule has 2 aromatic rings. The van der Waals surface area contributed by atoms with Gasteiger partial charge in [-0.3, -0.25) is 4.79 Å². The second-order valence-corrected chi connectivity index (χ2v) is 4.43. The molecule has 2 aromatic carbocycles. The first-order valence-corrected chi connectivity index (χ1v) is 6.20. The Labute approximate surface area is 119 Å². The van der Waals surface area contributed by atoms with E-state index < -0.39 is 11.6 Å². The third kappa shape index (κ3) is 2.76. The van der Waals surface area contributed by atoms with Crippen molar-refractivity contribution in [3.05, 3.63) is 65.2 Å². The van der Waals surface area contributed by atoms with Gasteiger partial charge in [-0.05, 0) is 42.5 Å². The lowest BCUT2D eigenvalue weighted by Crippen LogP contribution is -1.95. The summed E-state index contributed by atoms with van der Waals surface area (Å²) in [6.45, 7) is 0.129. The fraction of sp³-hybridized carbons (Fsp3) is 0.0625. The Bertz CT molecular complexity index is 738. The molecule has 3 rings (SSSR count). The Morgan fingerprint density at radius 2 is 1.86 bits per heavy atom. The summed E-state index contributed by atoms with van der Waals surface area (Å²) >= 11 is 0. The highest BCUT2D eigenvalue weighted by Crippen LogP contribution is 2.32. The van der Waals surface area contributed by atoms with Crippen LogP contribution in [0.3, 0.4) is 0 Å². The van der Waals surface area contributed by atoms with Crippen molar-refractivity contribution >= 4 is 11.9 Å². The number of carbonyl (C=O) groups excluding carboxylic acids is 1. The molecule has 106 valence electrons. The van der Waals surface area contributed by atoms with E-state index in [0.29, 0.717) is 17.1 Å². The van der Waals surface area contributed by atoms with E-state index in [1.165, 1.54) is 18.2 Å². The molecule has 0 unspecified atom stereocenters. The molecule has 0 radical (unpaired) electrons. The van der Waals surface area contributed by atoms with Gasteiger partial charge in [0.05, 0.1) is 0 Å². The van der Waals surface area contributed by atoms with Crippen molar-refractivity contribution in [2.45, 2.75) is 0 Å². The number of carbonyl (C=O) groups is 1. The van der Waals surface area contributed by atoms with Gasteiger partial charge in [0.1, 0.15) is 11.6 Å². The molecule has 0 saturated carbocycles. The standard InChI is InChI=1S/C16H10F2O3/c17-12-4-1-10(13(18)8-12)2-5-14(19)11-3-6-15-16(7-11)21-9-20-15/h1-8H,9H2/b5-2+. The summed E-state index contributed by atoms with van der Waals surface area (Å²) in [6.07, 6.45) is 2.54. The normalized spacial score (nSPS) is 12.9. The molecule has 1 aliphatic rings. The summed E-state index contributed by atoms with van der Waals surface area (Å²) in [6, 6.07) is 7.98. The first-order valence-electron chi connectivity index (χ1n) is 6.20. The van der Waals surface area contributed by atoms with Crippen LogP contribution in [0.15, 0.2) is 42.5 Å². The molecule has 0 aliphatic carbocycles. The largest absolute Gasteiger partial charge is 0.454 e. The molecule has 3 nitrogen and oxygen atoms in total. The number of ether oxygens (including phenoxy) is 2. The first-order chi connectivity index (χ1) is 10.1. The number of hydrogen-bond acceptors (Lipinski definition) is 3. The summed E-state index contributed by atoms with van der Waals surface area (Å²) in [5.74, 6) is -0.601. The lowest BCUT2D eigenvalue weighted by Gasteiger charge is -2.00. The highest BCUT2D eigenvalue weighted by atomic mass is 19.1. The highest BCUT2D eigenvalue weighted by molar-refractivity contribution is 6.07. The van der Waals surface area contributed by atoms with Crippen LogP contribution < -0.4 is 9.47 Å². The molecule has 0 aromatic heterocycles. The Kier molecular flexibility index (Phi) is 3.39. The molecule has 0 fully saturated rings. The highest BCUT2D eigenvalue weighted by Gasteiger charge is 2.15. The van der Waals surface area contributed by atoms with E-state index in [9.17, 15) is 13.6 Å². The van der Waals surface area contributed by atoms with Crippen molar-refractivity contribution in [2.75, 3.05) is 6.79 Å². The van der Waals surface area contributed by atoms with Crippen LogP contribution in [0.1, 0.15) is 15.9 Å². The minimum atomic E-state index is -0.718. The fourth-order valence-corrected chi connectivity index (χ4v) is 1.95. The van der Waals surface area contributed by atoms with Crippen molar-refractivity contribution in [1.82, 2.24) is 0 Å². The Morgan fingerprint density at radius 3 is 2.67 bits per heavy atom. The average Bonchev–Trinajstić information content (AvgIpc) is 2.93. The molecular formula is C16H10F2O3. The Balaban J connectivity index is 1.81. The molecule has 21 heavy (non-hydrogen) atoms. The molecule has 0 atom stereocenters. The van der Waals surface area contributed by atoms with Gasteiger partial charge in [0.25, 0.3) is 0 Å². The second-order valence-electron chi connectivity index (χ2n) is 4.43. The van der Waals surface area contributed by atoms with Crippen LogP contribution in [0.4, 0.5) is 8.78 Å². The van der Waals surface area contributed by atoms with E-state index in [0.717, 1.165) is 12.1 Å². The summed E-state index contributed by atoms with van der Waals surface area (Å²) < 4.78 is 36.6. The number of allylic oxidation sites excluding steroid dienone is 1. The third-order valence-corrected chi connectivity index (χ3v) is 3.03. The molecular weight excluding hydrogens is 278 g/mol. The van der Waals surface area contributed by atoms with Crippen LogP contribution in [0.5, 0.6) is 11.5 Å². The zero-order chi connectivity index (χ0) is 14.8. The van der Waals surface area contributed by atoms with E-state index >= 15 is 0 Å². The van der Waals surface area contributed by atoms with Crippen molar-refractivity contribution < 1.29 is 23.0 Å². The summed E-state index contributed by atoms with van der Waals surface area (Å²) in [5.41, 5.74) is 0.545. The number of hydrogen-bond donors (Lipinski definition) is 0. The molecule has 0 bridgehead atoms. The molecule has 5 heteroatoms. The SMILES string of the molecule is O=C(/C=C/c1ccc(F)cc1F)c1ccc2c(c1)OCO2. The van der Waals surface area contributed by atoms with Gasteiger partial charge < -0.3 is 9.47 Å². The van der Waals surface area contributed by atoms with E-state index in [2.05, 4.69) is 0 Å². The lowest BCUT2D eigenvalue weighted by atomic mass is 10.1. The lowest BCUT2D eigenvalue weighted by molar-refractivity contribution is 0.104. The van der Waals surface area contributed by atoms with E-state index in [1.807, 2.05) is 0 Å². The number of fused-ring (bicyclic) bond motifs is 1. The van der Waals surface area contributed by atoms with E-state index in [4.69, 9.17) is 9.47 Å². The number of rotatable bonds is 3.